The molecular weight excluding hydrogens is 583 g/mol. The van der Waals surface area contributed by atoms with Crippen molar-refractivity contribution in [1.82, 2.24) is 0 Å². The molecule has 0 aromatic heterocycles. The minimum absolute atomic E-state index is 0. The Morgan fingerprint density at radius 3 is 1.79 bits per heavy atom. The third kappa shape index (κ3) is 9.23. The third-order valence-corrected chi connectivity index (χ3v) is 7.85. The molecule has 0 radical (unpaired) electrons. The zero-order valence-electron chi connectivity index (χ0n) is 22.8. The summed E-state index contributed by atoms with van der Waals surface area (Å²) < 4.78 is 1.55. The fourth-order valence-electron chi connectivity index (χ4n) is 4.05. The van der Waals surface area contributed by atoms with Gasteiger partial charge in [0.2, 0.25) is 0 Å². The maximum Gasteiger partial charge on any atom is -1.00 e. The van der Waals surface area contributed by atoms with Crippen LogP contribution < -0.4 is 24.8 Å². The van der Waals surface area contributed by atoms with Crippen molar-refractivity contribution in [2.24, 2.45) is 5.41 Å². The molecule has 1 aliphatic carbocycles. The van der Waals surface area contributed by atoms with Gasteiger partial charge in [-0.2, -0.15) is 11.6 Å². The van der Waals surface area contributed by atoms with E-state index in [9.17, 15) is 0 Å². The Balaban J connectivity index is 0.000000299. The smallest absolute Gasteiger partial charge is 1.00 e. The summed E-state index contributed by atoms with van der Waals surface area (Å²) in [6.07, 6.45) is 13.5. The molecule has 0 N–H and O–H groups in total. The monoisotopic (exact) mass is 616 g/mol. The van der Waals surface area contributed by atoms with Gasteiger partial charge in [0, 0.05) is 0 Å². The first-order valence-electron chi connectivity index (χ1n) is 12.5. The average Bonchev–Trinajstić information content (AvgIpc) is 3.57. The maximum absolute atomic E-state index is 3.82. The molecule has 0 aliphatic heterocycles. The van der Waals surface area contributed by atoms with Crippen molar-refractivity contribution >= 4 is 36.9 Å². The van der Waals surface area contributed by atoms with Crippen molar-refractivity contribution in [1.29, 1.82) is 0 Å². The van der Waals surface area contributed by atoms with Crippen LogP contribution in [0.1, 0.15) is 57.2 Å². The SMILES string of the molecule is C=Cc1ccc2[cH-]c3ccc(C=C)cc3c2c1.CC(C)(C)C1=CC[C-]=C1.CC[C](=[Zr+2])c1ccccc1.[Cl-].[Cl-]. The molecule has 4 aromatic rings. The largest absolute Gasteiger partial charge is 1.00 e. The molecule has 196 valence electrons. The van der Waals surface area contributed by atoms with E-state index in [1.807, 2.05) is 12.2 Å². The van der Waals surface area contributed by atoms with E-state index in [4.69, 9.17) is 0 Å². The van der Waals surface area contributed by atoms with Gasteiger partial charge in [-0.3, -0.25) is 6.08 Å². The van der Waals surface area contributed by atoms with Gasteiger partial charge < -0.3 is 24.8 Å². The maximum atomic E-state index is 3.82. The minimum atomic E-state index is 0. The van der Waals surface area contributed by atoms with Crippen molar-refractivity contribution in [3.8, 4) is 0 Å². The molecule has 3 heteroatoms. The van der Waals surface area contributed by atoms with E-state index in [1.165, 1.54) is 63.3 Å². The fraction of sp³-hybridized carbons (Fsp3) is 0.200. The van der Waals surface area contributed by atoms with Crippen LogP contribution in [0.25, 0.3) is 33.7 Å². The van der Waals surface area contributed by atoms with Gasteiger partial charge in [-0.25, -0.2) is 6.08 Å². The topological polar surface area (TPSA) is 0 Å². The normalized spacial score (nSPS) is 11.7. The molecule has 0 fully saturated rings. The number of hydrogen-bond acceptors (Lipinski definition) is 0. The number of allylic oxidation sites excluding steroid dienone is 4. The van der Waals surface area contributed by atoms with Gasteiger partial charge in [0.15, 0.2) is 0 Å². The van der Waals surface area contributed by atoms with Crippen molar-refractivity contribution in [2.75, 3.05) is 0 Å². The van der Waals surface area contributed by atoms with Crippen LogP contribution >= 0.6 is 0 Å². The minimum Gasteiger partial charge on any atom is -1.00 e. The molecule has 1 aliphatic rings. The van der Waals surface area contributed by atoms with Crippen LogP contribution in [0.4, 0.5) is 0 Å². The van der Waals surface area contributed by atoms with E-state index in [0.29, 0.717) is 5.41 Å². The molecule has 5 rings (SSSR count). The zero-order chi connectivity index (χ0) is 26.1. The summed E-state index contributed by atoms with van der Waals surface area (Å²) in [4.78, 5) is 0. The molecular formula is C35H36Cl2Zr-2. The molecule has 4 aromatic carbocycles. The Morgan fingerprint density at radius 1 is 0.895 bits per heavy atom. The summed E-state index contributed by atoms with van der Waals surface area (Å²) in [6.45, 7) is 16.5. The molecule has 0 bridgehead atoms. The van der Waals surface area contributed by atoms with Gasteiger partial charge in [0.1, 0.15) is 0 Å². The second kappa shape index (κ2) is 16.0. The second-order valence-corrected chi connectivity index (χ2v) is 11.4. The van der Waals surface area contributed by atoms with Gasteiger partial charge in [0.05, 0.1) is 0 Å². The number of halogens is 2. The van der Waals surface area contributed by atoms with Crippen molar-refractivity contribution in [3.05, 3.63) is 126 Å². The molecule has 0 saturated heterocycles. The van der Waals surface area contributed by atoms with Crippen LogP contribution in [-0.4, -0.2) is 3.21 Å². The third-order valence-electron chi connectivity index (χ3n) is 6.27. The number of rotatable bonds is 4. The first kappa shape index (κ1) is 33.9. The molecule has 0 nitrogen and oxygen atoms in total. The Kier molecular flexibility index (Phi) is 14.3. The van der Waals surface area contributed by atoms with E-state index in [-0.39, 0.29) is 24.8 Å². The number of benzene rings is 3. The Bertz CT molecular complexity index is 1350. The van der Waals surface area contributed by atoms with Crippen LogP contribution in [0.15, 0.2) is 104 Å². The first-order valence-corrected chi connectivity index (χ1v) is 13.8. The summed E-state index contributed by atoms with van der Waals surface area (Å²) in [5, 5.41) is 5.15. The molecule has 0 amide bonds. The summed E-state index contributed by atoms with van der Waals surface area (Å²) in [6, 6.07) is 25.7. The molecule has 0 heterocycles. The number of fused-ring (bicyclic) bond motifs is 3. The van der Waals surface area contributed by atoms with E-state index < -0.39 is 0 Å². The van der Waals surface area contributed by atoms with Gasteiger partial charge >= 0.3 is 76.7 Å². The van der Waals surface area contributed by atoms with Crippen molar-refractivity contribution in [2.45, 2.75) is 40.5 Å². The van der Waals surface area contributed by atoms with Crippen LogP contribution in [0.3, 0.4) is 0 Å². The van der Waals surface area contributed by atoms with Crippen molar-refractivity contribution < 1.29 is 49.0 Å². The molecule has 0 unspecified atom stereocenters. The second-order valence-electron chi connectivity index (χ2n) is 9.91. The van der Waals surface area contributed by atoms with Crippen LogP contribution in [0.2, 0.25) is 0 Å². The summed E-state index contributed by atoms with van der Waals surface area (Å²) in [5.41, 5.74) is 5.47. The number of hydrogen-bond donors (Lipinski definition) is 0. The fourth-order valence-corrected chi connectivity index (χ4v) is 4.46. The standard InChI is InChI=1S/C17H13.C9H13.C9H10.2ClH.Zr/c1-3-12-5-7-14-11-15-8-6-13(4-2)10-17(15)16(14)9-12;1-9(2,3)8-6-4-5-7-8;1-2-6-9-7-4-3-5-8-9;;;/h3-11H,1-2H2;6-7H,4H2,1-3H3;3-5,7-8H,2H2,1H3;2*1H;/q2*-1;;;;+2/p-2. The quantitative estimate of drug-likeness (QED) is 0.305. The van der Waals surface area contributed by atoms with Crippen LogP contribution in [-0.2, 0) is 24.2 Å². The van der Waals surface area contributed by atoms with Gasteiger partial charge in [0.25, 0.3) is 0 Å². The molecule has 0 spiro atoms. The molecule has 0 saturated carbocycles. The van der Waals surface area contributed by atoms with Gasteiger partial charge in [-0.15, -0.1) is 46.2 Å². The van der Waals surface area contributed by atoms with E-state index in [0.717, 1.165) is 17.5 Å². The summed E-state index contributed by atoms with van der Waals surface area (Å²) in [7, 11) is 0. The van der Waals surface area contributed by atoms with E-state index in [1.54, 1.807) is 3.21 Å². The first-order chi connectivity index (χ1) is 17.3. The van der Waals surface area contributed by atoms with E-state index >= 15 is 0 Å². The predicted octanol–water partition coefficient (Wildman–Crippen LogP) is 3.89. The Hall–Kier alpha value is -2.18. The Labute approximate surface area is 256 Å². The van der Waals surface area contributed by atoms with Crippen LogP contribution in [0.5, 0.6) is 0 Å². The molecule has 38 heavy (non-hydrogen) atoms. The van der Waals surface area contributed by atoms with E-state index in [2.05, 4.69) is 132 Å². The summed E-state index contributed by atoms with van der Waals surface area (Å²) in [5.74, 6) is 0. The Morgan fingerprint density at radius 2 is 1.42 bits per heavy atom. The summed E-state index contributed by atoms with van der Waals surface area (Å²) >= 11 is 1.54. The van der Waals surface area contributed by atoms with Gasteiger partial charge in [-0.05, 0) is 11.1 Å². The van der Waals surface area contributed by atoms with Crippen molar-refractivity contribution in [3.63, 3.8) is 0 Å². The molecule has 0 atom stereocenters. The zero-order valence-corrected chi connectivity index (χ0v) is 26.8. The predicted molar refractivity (Wildman–Crippen MR) is 158 cm³/mol. The van der Waals surface area contributed by atoms with Crippen LogP contribution in [0, 0.1) is 11.5 Å². The average molecular weight is 619 g/mol. The van der Waals surface area contributed by atoms with Gasteiger partial charge in [-0.1, -0.05) is 75.8 Å².